The molecule has 0 amide bonds. The third-order valence-electron chi connectivity index (χ3n) is 7.22. The zero-order valence-electron chi connectivity index (χ0n) is 20.9. The number of anilines is 1. The van der Waals surface area contributed by atoms with Crippen molar-refractivity contribution in [1.82, 2.24) is 20.3 Å². The van der Waals surface area contributed by atoms with E-state index in [1.165, 1.54) is 27.8 Å². The Bertz CT molecular complexity index is 1270. The van der Waals surface area contributed by atoms with Gasteiger partial charge >= 0.3 is 0 Å². The van der Waals surface area contributed by atoms with Crippen LogP contribution in [0.2, 0.25) is 0 Å². The highest BCUT2D eigenvalue weighted by Gasteiger charge is 2.36. The van der Waals surface area contributed by atoms with Gasteiger partial charge in [0.1, 0.15) is 5.82 Å². The first-order chi connectivity index (χ1) is 16.5. The number of hydrogen-bond acceptors (Lipinski definition) is 4. The molecule has 0 radical (unpaired) electrons. The van der Waals surface area contributed by atoms with E-state index in [2.05, 4.69) is 83.4 Å². The molecule has 2 N–H and O–H groups in total. The first-order valence-electron chi connectivity index (χ1n) is 12.6. The number of aromatic nitrogens is 3. The van der Waals surface area contributed by atoms with Crippen molar-refractivity contribution in [1.29, 1.82) is 0 Å². The predicted octanol–water partition coefficient (Wildman–Crippen LogP) is 5.90. The molecule has 2 fully saturated rings. The average Bonchev–Trinajstić information content (AvgIpc) is 3.54. The van der Waals surface area contributed by atoms with Gasteiger partial charge in [-0.05, 0) is 74.1 Å². The molecule has 2 atom stereocenters. The number of aryl methyl sites for hydroxylation is 3. The van der Waals surface area contributed by atoms with E-state index in [9.17, 15) is 0 Å². The van der Waals surface area contributed by atoms with E-state index >= 15 is 0 Å². The number of rotatable bonds is 3. The SMILES string of the molecule is CC.Cc1cc(-c2[nH]c3cc(-c4ccc(N5CC6CNCC6C5)nc4)ccc3c2C)cc(C)n1. The van der Waals surface area contributed by atoms with Crippen LogP contribution in [0.1, 0.15) is 30.8 Å². The minimum absolute atomic E-state index is 0.775. The number of fused-ring (bicyclic) bond motifs is 2. The molecule has 0 spiro atoms. The van der Waals surface area contributed by atoms with Crippen LogP contribution in [-0.4, -0.2) is 41.1 Å². The Morgan fingerprint density at radius 1 is 0.824 bits per heavy atom. The molecule has 2 unspecified atom stereocenters. The molecule has 5 heterocycles. The Hall–Kier alpha value is -3.18. The zero-order chi connectivity index (χ0) is 23.8. The molecular weight excluding hydrogens is 418 g/mol. The van der Waals surface area contributed by atoms with Crippen LogP contribution in [-0.2, 0) is 0 Å². The van der Waals surface area contributed by atoms with Crippen LogP contribution in [0.5, 0.6) is 0 Å². The molecule has 2 saturated heterocycles. The Morgan fingerprint density at radius 3 is 2.15 bits per heavy atom. The van der Waals surface area contributed by atoms with E-state index < -0.39 is 0 Å². The van der Waals surface area contributed by atoms with E-state index in [-0.39, 0.29) is 0 Å². The van der Waals surface area contributed by atoms with Crippen molar-refractivity contribution in [2.75, 3.05) is 31.1 Å². The van der Waals surface area contributed by atoms with Crippen molar-refractivity contribution in [2.45, 2.75) is 34.6 Å². The number of hydrogen-bond donors (Lipinski definition) is 2. The van der Waals surface area contributed by atoms with E-state index in [1.54, 1.807) is 0 Å². The minimum atomic E-state index is 0.775. The van der Waals surface area contributed by atoms with Gasteiger partial charge < -0.3 is 15.2 Å². The van der Waals surface area contributed by atoms with Crippen molar-refractivity contribution >= 4 is 16.7 Å². The van der Waals surface area contributed by atoms with Gasteiger partial charge in [0.25, 0.3) is 0 Å². The van der Waals surface area contributed by atoms with Crippen molar-refractivity contribution in [2.24, 2.45) is 11.8 Å². The Morgan fingerprint density at radius 2 is 1.50 bits per heavy atom. The van der Waals surface area contributed by atoms with Crippen molar-refractivity contribution in [3.05, 3.63) is 65.6 Å². The highest BCUT2D eigenvalue weighted by molar-refractivity contribution is 5.93. The molecular formula is C29H35N5. The van der Waals surface area contributed by atoms with E-state index in [0.717, 1.165) is 66.3 Å². The molecule has 0 saturated carbocycles. The summed E-state index contributed by atoms with van der Waals surface area (Å²) in [4.78, 5) is 15.5. The number of H-pyrrole nitrogens is 1. The lowest BCUT2D eigenvalue weighted by Gasteiger charge is -2.18. The van der Waals surface area contributed by atoms with Gasteiger partial charge in [0.2, 0.25) is 0 Å². The second-order valence-corrected chi connectivity index (χ2v) is 9.51. The number of nitrogens with zero attached hydrogens (tertiary/aromatic N) is 3. The van der Waals surface area contributed by atoms with E-state index in [0.29, 0.717) is 0 Å². The first-order valence-corrected chi connectivity index (χ1v) is 12.6. The average molecular weight is 454 g/mol. The van der Waals surface area contributed by atoms with Crippen LogP contribution in [0.4, 0.5) is 5.82 Å². The fraction of sp³-hybridized carbons (Fsp3) is 0.379. The standard InChI is InChI=1S/C27H29N5.C2H6/c1-16-8-21(9-17(2)30-16)27-18(3)24-6-4-19(10-25(24)31-27)20-5-7-26(29-13-20)32-14-22-11-28-12-23(22)15-32;1-2/h4-10,13,22-23,28,31H,11-12,14-15H2,1-3H3;1-2H3. The highest BCUT2D eigenvalue weighted by atomic mass is 15.2. The summed E-state index contributed by atoms with van der Waals surface area (Å²) in [6.07, 6.45) is 2.02. The van der Waals surface area contributed by atoms with Crippen molar-refractivity contribution < 1.29 is 0 Å². The van der Waals surface area contributed by atoms with Gasteiger partial charge in [0.05, 0.1) is 0 Å². The molecule has 3 aromatic heterocycles. The van der Waals surface area contributed by atoms with E-state index in [1.807, 2.05) is 20.0 Å². The molecule has 6 rings (SSSR count). The second kappa shape index (κ2) is 9.22. The van der Waals surface area contributed by atoms with Crippen LogP contribution < -0.4 is 10.2 Å². The second-order valence-electron chi connectivity index (χ2n) is 9.51. The Kier molecular flexibility index (Phi) is 6.13. The highest BCUT2D eigenvalue weighted by Crippen LogP contribution is 2.34. The molecule has 34 heavy (non-hydrogen) atoms. The molecule has 5 nitrogen and oxygen atoms in total. The smallest absolute Gasteiger partial charge is 0.128 e. The first kappa shape index (κ1) is 22.6. The van der Waals surface area contributed by atoms with Gasteiger partial charge in [-0.1, -0.05) is 26.0 Å². The molecule has 2 aliphatic rings. The number of aromatic amines is 1. The third kappa shape index (κ3) is 4.09. The van der Waals surface area contributed by atoms with Gasteiger partial charge in [-0.25, -0.2) is 4.98 Å². The lowest BCUT2D eigenvalue weighted by atomic mass is 10.0. The summed E-state index contributed by atoms with van der Waals surface area (Å²) in [7, 11) is 0. The summed E-state index contributed by atoms with van der Waals surface area (Å²) >= 11 is 0. The third-order valence-corrected chi connectivity index (χ3v) is 7.22. The fourth-order valence-corrected chi connectivity index (χ4v) is 5.57. The van der Waals surface area contributed by atoms with Gasteiger partial charge in [0, 0.05) is 71.5 Å². The summed E-state index contributed by atoms with van der Waals surface area (Å²) in [5, 5.41) is 4.77. The molecule has 176 valence electrons. The van der Waals surface area contributed by atoms with Gasteiger partial charge in [-0.15, -0.1) is 0 Å². The van der Waals surface area contributed by atoms with Crippen LogP contribution in [0.3, 0.4) is 0 Å². The summed E-state index contributed by atoms with van der Waals surface area (Å²) in [5.41, 5.74) is 9.24. The summed E-state index contributed by atoms with van der Waals surface area (Å²) < 4.78 is 0. The Balaban J connectivity index is 0.00000117. The van der Waals surface area contributed by atoms with Gasteiger partial charge in [-0.3, -0.25) is 4.98 Å². The zero-order valence-corrected chi connectivity index (χ0v) is 20.9. The lowest BCUT2D eigenvalue weighted by Crippen LogP contribution is -2.26. The number of nitrogens with one attached hydrogen (secondary N) is 2. The summed E-state index contributed by atoms with van der Waals surface area (Å²) in [6.45, 7) is 14.8. The maximum atomic E-state index is 4.82. The maximum absolute atomic E-state index is 4.82. The minimum Gasteiger partial charge on any atom is -0.356 e. The lowest BCUT2D eigenvalue weighted by molar-refractivity contribution is 0.533. The largest absolute Gasteiger partial charge is 0.356 e. The predicted molar refractivity (Wildman–Crippen MR) is 142 cm³/mol. The summed E-state index contributed by atoms with van der Waals surface area (Å²) in [6, 6.07) is 15.4. The normalized spacial score (nSPS) is 19.3. The molecule has 2 aliphatic heterocycles. The van der Waals surface area contributed by atoms with Gasteiger partial charge in [-0.2, -0.15) is 0 Å². The van der Waals surface area contributed by atoms with Crippen LogP contribution in [0.15, 0.2) is 48.7 Å². The van der Waals surface area contributed by atoms with Crippen LogP contribution in [0.25, 0.3) is 33.3 Å². The van der Waals surface area contributed by atoms with Gasteiger partial charge in [0.15, 0.2) is 0 Å². The molecule has 5 heteroatoms. The number of pyridine rings is 2. The fourth-order valence-electron chi connectivity index (χ4n) is 5.57. The molecule has 0 bridgehead atoms. The molecule has 0 aliphatic carbocycles. The summed E-state index contributed by atoms with van der Waals surface area (Å²) in [5.74, 6) is 2.65. The molecule has 4 aromatic rings. The molecule has 1 aromatic carbocycles. The van der Waals surface area contributed by atoms with Crippen LogP contribution >= 0.6 is 0 Å². The monoisotopic (exact) mass is 453 g/mol. The van der Waals surface area contributed by atoms with Crippen molar-refractivity contribution in [3.8, 4) is 22.4 Å². The number of benzene rings is 1. The maximum Gasteiger partial charge on any atom is 0.128 e. The van der Waals surface area contributed by atoms with Crippen LogP contribution in [0, 0.1) is 32.6 Å². The van der Waals surface area contributed by atoms with E-state index in [4.69, 9.17) is 4.98 Å². The topological polar surface area (TPSA) is 56.8 Å². The Labute approximate surface area is 202 Å². The quantitative estimate of drug-likeness (QED) is 0.406. The van der Waals surface area contributed by atoms with Crippen molar-refractivity contribution in [3.63, 3.8) is 0 Å².